The molecule has 2 N–H and O–H groups in total. The molecule has 0 aliphatic carbocycles. The van der Waals surface area contributed by atoms with Crippen LogP contribution in [0.1, 0.15) is 39.2 Å². The molecular weight excluding hydrogens is 292 g/mol. The summed E-state index contributed by atoms with van der Waals surface area (Å²) in [6.07, 6.45) is 0. The first-order chi connectivity index (χ1) is 9.57. The third-order valence-electron chi connectivity index (χ3n) is 2.81. The van der Waals surface area contributed by atoms with Gasteiger partial charge in [-0.3, -0.25) is 0 Å². The Morgan fingerprint density at radius 2 is 2.00 bits per heavy atom. The van der Waals surface area contributed by atoms with Crippen LogP contribution in [0.4, 0.5) is 0 Å². The second kappa shape index (κ2) is 6.91. The second-order valence-electron chi connectivity index (χ2n) is 6.09. The topological polar surface area (TPSA) is 80.6 Å². The molecule has 0 bridgehead atoms. The number of nitrogens with one attached hydrogen (secondary N) is 2. The van der Waals surface area contributed by atoms with Crippen LogP contribution in [-0.2, 0) is 21.3 Å². The van der Waals surface area contributed by atoms with Gasteiger partial charge in [-0.15, -0.1) is 0 Å². The van der Waals surface area contributed by atoms with Crippen molar-refractivity contribution in [1.29, 1.82) is 0 Å². The predicted molar refractivity (Wildman–Crippen MR) is 81.7 cm³/mol. The Morgan fingerprint density at radius 1 is 1.38 bits per heavy atom. The summed E-state index contributed by atoms with van der Waals surface area (Å²) in [6, 6.07) is 1.87. The highest BCUT2D eigenvalue weighted by molar-refractivity contribution is 7.89. The average Bonchev–Trinajstić information content (AvgIpc) is 2.67. The van der Waals surface area contributed by atoms with Crippen molar-refractivity contribution in [2.75, 3.05) is 13.7 Å². The molecule has 0 amide bonds. The van der Waals surface area contributed by atoms with Gasteiger partial charge in [0.15, 0.2) is 0 Å². The number of hydrogen-bond donors (Lipinski definition) is 2. The van der Waals surface area contributed by atoms with E-state index < -0.39 is 15.6 Å². The molecule has 0 aromatic carbocycles. The molecule has 1 rings (SSSR count). The normalized spacial score (nSPS) is 13.1. The maximum absolute atomic E-state index is 12.4. The van der Waals surface area contributed by atoms with E-state index in [-0.39, 0.29) is 11.5 Å². The van der Waals surface area contributed by atoms with Gasteiger partial charge in [0.1, 0.15) is 16.4 Å². The molecule has 0 unspecified atom stereocenters. The highest BCUT2D eigenvalue weighted by Crippen LogP contribution is 2.21. The van der Waals surface area contributed by atoms with Gasteiger partial charge in [0.2, 0.25) is 10.0 Å². The number of aryl methyl sites for hydroxylation is 1. The molecule has 0 aliphatic rings. The Morgan fingerprint density at radius 3 is 2.52 bits per heavy atom. The second-order valence-corrected chi connectivity index (χ2v) is 7.74. The van der Waals surface area contributed by atoms with Crippen molar-refractivity contribution in [1.82, 2.24) is 10.0 Å². The van der Waals surface area contributed by atoms with Crippen LogP contribution in [0.2, 0.25) is 0 Å². The van der Waals surface area contributed by atoms with Gasteiger partial charge in [-0.2, -0.15) is 0 Å². The lowest BCUT2D eigenvalue weighted by atomic mass is 10.1. The van der Waals surface area contributed by atoms with Crippen LogP contribution < -0.4 is 10.0 Å². The third-order valence-corrected chi connectivity index (χ3v) is 4.62. The van der Waals surface area contributed by atoms with Crippen molar-refractivity contribution in [3.63, 3.8) is 0 Å². The molecule has 1 aromatic heterocycles. The molecular formula is C14H26N2O4S. The van der Waals surface area contributed by atoms with Crippen LogP contribution >= 0.6 is 0 Å². The predicted octanol–water partition coefficient (Wildman–Crippen LogP) is 1.79. The molecule has 0 saturated heterocycles. The molecule has 1 aromatic rings. The third kappa shape index (κ3) is 5.43. The first-order valence-corrected chi connectivity index (χ1v) is 8.41. The zero-order chi connectivity index (χ0) is 16.3. The van der Waals surface area contributed by atoms with Crippen molar-refractivity contribution in [3.05, 3.63) is 17.6 Å². The number of rotatable bonds is 8. The van der Waals surface area contributed by atoms with Gasteiger partial charge >= 0.3 is 0 Å². The molecule has 0 aliphatic heterocycles. The fourth-order valence-corrected chi connectivity index (χ4v) is 3.59. The van der Waals surface area contributed by atoms with Gasteiger partial charge in [-0.1, -0.05) is 13.8 Å². The number of furan rings is 1. The summed E-state index contributed by atoms with van der Waals surface area (Å²) in [5.74, 6) is 0.988. The highest BCUT2D eigenvalue weighted by Gasteiger charge is 2.29. The van der Waals surface area contributed by atoms with Crippen molar-refractivity contribution in [2.45, 2.75) is 57.6 Å². The Bertz CT molecular complexity index is 562. The zero-order valence-corrected chi connectivity index (χ0v) is 14.4. The number of hydrogen-bond acceptors (Lipinski definition) is 5. The molecule has 122 valence electrons. The molecule has 7 heteroatoms. The minimum Gasteiger partial charge on any atom is -0.464 e. The Kier molecular flexibility index (Phi) is 5.98. The van der Waals surface area contributed by atoms with Gasteiger partial charge in [-0.05, 0) is 20.8 Å². The highest BCUT2D eigenvalue weighted by atomic mass is 32.2. The monoisotopic (exact) mass is 318 g/mol. The van der Waals surface area contributed by atoms with E-state index in [9.17, 15) is 8.42 Å². The summed E-state index contributed by atoms with van der Waals surface area (Å²) in [7, 11) is -2.10. The summed E-state index contributed by atoms with van der Waals surface area (Å²) in [5, 5.41) is 3.19. The van der Waals surface area contributed by atoms with Crippen LogP contribution in [0.15, 0.2) is 15.4 Å². The maximum atomic E-state index is 12.4. The van der Waals surface area contributed by atoms with E-state index in [0.717, 1.165) is 0 Å². The van der Waals surface area contributed by atoms with Gasteiger partial charge in [0, 0.05) is 19.2 Å². The smallest absolute Gasteiger partial charge is 0.244 e. The van der Waals surface area contributed by atoms with E-state index in [1.807, 2.05) is 13.8 Å². The van der Waals surface area contributed by atoms with E-state index in [4.69, 9.17) is 9.15 Å². The fourth-order valence-electron chi connectivity index (χ4n) is 1.99. The Balaban J connectivity index is 2.93. The summed E-state index contributed by atoms with van der Waals surface area (Å²) < 4.78 is 38.1. The zero-order valence-electron chi connectivity index (χ0n) is 13.6. The molecule has 0 atom stereocenters. The largest absolute Gasteiger partial charge is 0.464 e. The first-order valence-electron chi connectivity index (χ1n) is 6.93. The Hall–Kier alpha value is -0.890. The number of ether oxygens (including phenoxy) is 1. The van der Waals surface area contributed by atoms with Crippen LogP contribution in [0.25, 0.3) is 0 Å². The summed E-state index contributed by atoms with van der Waals surface area (Å²) in [5.41, 5.74) is -0.687. The van der Waals surface area contributed by atoms with Crippen LogP contribution in [-0.4, -0.2) is 33.7 Å². The van der Waals surface area contributed by atoms with Crippen LogP contribution in [0, 0.1) is 6.92 Å². The van der Waals surface area contributed by atoms with Gasteiger partial charge in [0.25, 0.3) is 0 Å². The summed E-state index contributed by atoms with van der Waals surface area (Å²) in [6.45, 7) is 10.00. The fraction of sp³-hybridized carbons (Fsp3) is 0.714. The lowest BCUT2D eigenvalue weighted by Gasteiger charge is -2.24. The van der Waals surface area contributed by atoms with E-state index in [1.54, 1.807) is 26.8 Å². The number of methoxy groups -OCH3 is 1. The van der Waals surface area contributed by atoms with Gasteiger partial charge in [-0.25, -0.2) is 13.1 Å². The number of sulfonamides is 1. The van der Waals surface area contributed by atoms with Crippen molar-refractivity contribution >= 4 is 10.0 Å². The van der Waals surface area contributed by atoms with E-state index in [2.05, 4.69) is 10.0 Å². The van der Waals surface area contributed by atoms with Crippen LogP contribution in [0.5, 0.6) is 0 Å². The van der Waals surface area contributed by atoms with E-state index >= 15 is 0 Å². The summed E-state index contributed by atoms with van der Waals surface area (Å²) >= 11 is 0. The maximum Gasteiger partial charge on any atom is 0.244 e. The molecule has 0 spiro atoms. The molecule has 6 nitrogen and oxygen atoms in total. The van der Waals surface area contributed by atoms with E-state index in [0.29, 0.717) is 24.1 Å². The minimum absolute atomic E-state index is 0.173. The van der Waals surface area contributed by atoms with E-state index in [1.165, 1.54) is 7.11 Å². The average molecular weight is 318 g/mol. The standard InChI is InChI=1S/C14H26N2O4S/c1-10(2)15-8-12-7-13(11(3)20-12)21(17,18)16-14(4,5)9-19-6/h7,10,15-16H,8-9H2,1-6H3. The summed E-state index contributed by atoms with van der Waals surface area (Å²) in [4.78, 5) is 0.173. The van der Waals surface area contributed by atoms with Crippen molar-refractivity contribution in [2.24, 2.45) is 0 Å². The first kappa shape index (κ1) is 18.2. The molecule has 21 heavy (non-hydrogen) atoms. The SMILES string of the molecule is COCC(C)(C)NS(=O)(=O)c1cc(CNC(C)C)oc1C. The molecule has 0 saturated carbocycles. The molecule has 1 heterocycles. The molecule has 0 radical (unpaired) electrons. The van der Waals surface area contributed by atoms with Gasteiger partial charge < -0.3 is 14.5 Å². The lowest BCUT2D eigenvalue weighted by Crippen LogP contribution is -2.46. The van der Waals surface area contributed by atoms with Crippen molar-refractivity contribution < 1.29 is 17.6 Å². The Labute approximate surface area is 127 Å². The van der Waals surface area contributed by atoms with Crippen molar-refractivity contribution in [3.8, 4) is 0 Å². The van der Waals surface area contributed by atoms with Crippen LogP contribution in [0.3, 0.4) is 0 Å². The minimum atomic E-state index is -3.64. The van der Waals surface area contributed by atoms with Gasteiger partial charge in [0.05, 0.1) is 18.7 Å². The lowest BCUT2D eigenvalue weighted by molar-refractivity contribution is 0.141. The quantitative estimate of drug-likeness (QED) is 0.764. The molecule has 0 fully saturated rings.